The van der Waals surface area contributed by atoms with E-state index < -0.39 is 11.7 Å². The zero-order chi connectivity index (χ0) is 13.3. The molecule has 18 heavy (non-hydrogen) atoms. The van der Waals surface area contributed by atoms with Gasteiger partial charge in [-0.25, -0.2) is 19.3 Å². The molecule has 2 N–H and O–H groups in total. The lowest BCUT2D eigenvalue weighted by Gasteiger charge is -2.09. The fourth-order valence-corrected chi connectivity index (χ4v) is 1.74. The number of benzene rings is 1. The van der Waals surface area contributed by atoms with E-state index in [-0.39, 0.29) is 22.0 Å². The molecule has 94 valence electrons. The quantitative estimate of drug-likeness (QED) is 0.863. The Balaban J connectivity index is 2.68. The van der Waals surface area contributed by atoms with Gasteiger partial charge < -0.3 is 9.84 Å². The third-order valence-electron chi connectivity index (χ3n) is 2.31. The van der Waals surface area contributed by atoms with Gasteiger partial charge in [0, 0.05) is 6.07 Å². The molecule has 0 spiro atoms. The highest BCUT2D eigenvalue weighted by Crippen LogP contribution is 2.28. The van der Waals surface area contributed by atoms with Gasteiger partial charge in [-0.1, -0.05) is 11.6 Å². The van der Waals surface area contributed by atoms with Crippen LogP contribution in [0.4, 0.5) is 0 Å². The zero-order valence-electron chi connectivity index (χ0n) is 9.18. The van der Waals surface area contributed by atoms with Gasteiger partial charge in [-0.3, -0.25) is 0 Å². The summed E-state index contributed by atoms with van der Waals surface area (Å²) in [6.45, 7) is 0. The maximum atomic E-state index is 11.4. The highest BCUT2D eigenvalue weighted by atomic mass is 35.5. The Morgan fingerprint density at radius 3 is 2.78 bits per heavy atom. The third kappa shape index (κ3) is 1.95. The molecule has 0 aliphatic carbocycles. The molecular formula is C10H8ClN3O4. The first-order valence-corrected chi connectivity index (χ1v) is 5.15. The zero-order valence-corrected chi connectivity index (χ0v) is 9.93. The lowest BCUT2D eigenvalue weighted by Crippen LogP contribution is -2.15. The Kier molecular flexibility index (Phi) is 3.07. The molecule has 2 rings (SSSR count). The first kappa shape index (κ1) is 12.2. The second-order valence-electron chi connectivity index (χ2n) is 3.34. The summed E-state index contributed by atoms with van der Waals surface area (Å²) >= 11 is 5.95. The number of nitrogens with one attached hydrogen (secondary N) is 1. The van der Waals surface area contributed by atoms with Crippen molar-refractivity contribution in [3.63, 3.8) is 0 Å². The van der Waals surface area contributed by atoms with Crippen LogP contribution < -0.4 is 10.4 Å². The highest BCUT2D eigenvalue weighted by Gasteiger charge is 2.16. The van der Waals surface area contributed by atoms with Crippen molar-refractivity contribution >= 4 is 17.6 Å². The summed E-state index contributed by atoms with van der Waals surface area (Å²) in [5, 5.41) is 14.9. The Hall–Kier alpha value is -2.28. The van der Waals surface area contributed by atoms with Crippen LogP contribution in [-0.2, 0) is 0 Å². The number of methoxy groups -OCH3 is 1. The number of hydrogen-bond acceptors (Lipinski definition) is 4. The van der Waals surface area contributed by atoms with Crippen LogP contribution in [0, 0.1) is 0 Å². The van der Waals surface area contributed by atoms with E-state index in [1.54, 1.807) is 0 Å². The first-order valence-electron chi connectivity index (χ1n) is 4.78. The maximum Gasteiger partial charge on any atom is 0.347 e. The van der Waals surface area contributed by atoms with Crippen molar-refractivity contribution in [3.05, 3.63) is 39.5 Å². The Labute approximate surface area is 106 Å². The summed E-state index contributed by atoms with van der Waals surface area (Å²) in [6, 6.07) is 2.58. The third-order valence-corrected chi connectivity index (χ3v) is 2.61. The molecule has 1 heterocycles. The molecule has 2 aromatic rings. The number of H-pyrrole nitrogens is 1. The molecule has 0 bridgehead atoms. The van der Waals surface area contributed by atoms with Crippen molar-refractivity contribution in [2.24, 2.45) is 0 Å². The number of halogens is 1. The summed E-state index contributed by atoms with van der Waals surface area (Å²) in [4.78, 5) is 22.4. The second-order valence-corrected chi connectivity index (χ2v) is 3.75. The van der Waals surface area contributed by atoms with Crippen LogP contribution in [0.5, 0.6) is 5.75 Å². The molecule has 0 amide bonds. The minimum absolute atomic E-state index is 0.0807. The molecule has 1 aromatic heterocycles. The van der Waals surface area contributed by atoms with E-state index in [0.29, 0.717) is 0 Å². The molecule has 0 atom stereocenters. The van der Waals surface area contributed by atoms with E-state index >= 15 is 0 Å². The van der Waals surface area contributed by atoms with Crippen molar-refractivity contribution in [1.29, 1.82) is 0 Å². The summed E-state index contributed by atoms with van der Waals surface area (Å²) in [7, 11) is 1.33. The molecule has 0 saturated carbocycles. The Morgan fingerprint density at radius 1 is 1.56 bits per heavy atom. The normalized spacial score (nSPS) is 10.3. The SMILES string of the molecule is COc1cc(-n2cn[nH]c2=O)c(Cl)cc1C(=O)O. The lowest BCUT2D eigenvalue weighted by atomic mass is 10.2. The number of nitrogens with zero attached hydrogens (tertiary/aromatic N) is 2. The average Bonchev–Trinajstić information content (AvgIpc) is 2.75. The molecule has 0 fully saturated rings. The summed E-state index contributed by atoms with van der Waals surface area (Å²) in [6.07, 6.45) is 1.24. The molecule has 0 unspecified atom stereocenters. The number of hydrogen-bond donors (Lipinski definition) is 2. The monoisotopic (exact) mass is 269 g/mol. The van der Waals surface area contributed by atoms with Crippen molar-refractivity contribution in [1.82, 2.24) is 14.8 Å². The average molecular weight is 270 g/mol. The number of aromatic nitrogens is 3. The van der Waals surface area contributed by atoms with Crippen molar-refractivity contribution in [3.8, 4) is 11.4 Å². The number of ether oxygens (including phenoxy) is 1. The number of aromatic amines is 1. The van der Waals surface area contributed by atoms with Gasteiger partial charge in [0.05, 0.1) is 17.8 Å². The predicted molar refractivity (Wildman–Crippen MR) is 62.7 cm³/mol. The Morgan fingerprint density at radius 2 is 2.28 bits per heavy atom. The minimum Gasteiger partial charge on any atom is -0.496 e. The molecule has 0 radical (unpaired) electrons. The van der Waals surface area contributed by atoms with Gasteiger partial charge in [0.2, 0.25) is 0 Å². The van der Waals surface area contributed by atoms with Crippen LogP contribution in [0.1, 0.15) is 10.4 Å². The van der Waals surface area contributed by atoms with Gasteiger partial charge in [0.1, 0.15) is 17.6 Å². The van der Waals surface area contributed by atoms with Gasteiger partial charge in [-0.05, 0) is 6.07 Å². The van der Waals surface area contributed by atoms with Gasteiger partial charge in [-0.2, -0.15) is 5.10 Å². The van der Waals surface area contributed by atoms with E-state index in [2.05, 4.69) is 10.2 Å². The lowest BCUT2D eigenvalue weighted by molar-refractivity contribution is 0.0693. The van der Waals surface area contributed by atoms with Gasteiger partial charge in [0.25, 0.3) is 0 Å². The maximum absolute atomic E-state index is 11.4. The summed E-state index contributed by atoms with van der Waals surface area (Å²) in [5.41, 5.74) is -0.276. The van der Waals surface area contributed by atoms with Gasteiger partial charge in [0.15, 0.2) is 0 Å². The fourth-order valence-electron chi connectivity index (χ4n) is 1.48. The smallest absolute Gasteiger partial charge is 0.347 e. The summed E-state index contributed by atoms with van der Waals surface area (Å²) in [5.74, 6) is -1.06. The number of carboxylic acids is 1. The minimum atomic E-state index is -1.17. The number of rotatable bonds is 3. The van der Waals surface area contributed by atoms with Crippen LogP contribution in [0.15, 0.2) is 23.3 Å². The molecule has 0 aliphatic rings. The summed E-state index contributed by atoms with van der Waals surface area (Å²) < 4.78 is 6.10. The second kappa shape index (κ2) is 4.53. The molecule has 1 aromatic carbocycles. The predicted octanol–water partition coefficient (Wildman–Crippen LogP) is 0.921. The van der Waals surface area contributed by atoms with E-state index in [9.17, 15) is 9.59 Å². The van der Waals surface area contributed by atoms with E-state index in [1.165, 1.54) is 25.6 Å². The van der Waals surface area contributed by atoms with Crippen LogP contribution in [0.3, 0.4) is 0 Å². The molecular weight excluding hydrogens is 262 g/mol. The number of carboxylic acid groups (broad SMARTS) is 1. The van der Waals surface area contributed by atoms with Crippen LogP contribution >= 0.6 is 11.6 Å². The largest absolute Gasteiger partial charge is 0.496 e. The van der Waals surface area contributed by atoms with Gasteiger partial charge in [-0.15, -0.1) is 0 Å². The van der Waals surface area contributed by atoms with Crippen molar-refractivity contribution in [2.75, 3.05) is 7.11 Å². The first-order chi connectivity index (χ1) is 8.54. The molecule has 0 saturated heterocycles. The van der Waals surface area contributed by atoms with Crippen LogP contribution in [0.25, 0.3) is 5.69 Å². The van der Waals surface area contributed by atoms with Crippen molar-refractivity contribution < 1.29 is 14.6 Å². The number of aromatic carboxylic acids is 1. The molecule has 8 heteroatoms. The van der Waals surface area contributed by atoms with Crippen LogP contribution in [0.2, 0.25) is 5.02 Å². The Bertz CT molecular complexity index is 661. The van der Waals surface area contributed by atoms with Crippen molar-refractivity contribution in [2.45, 2.75) is 0 Å². The highest BCUT2D eigenvalue weighted by molar-refractivity contribution is 6.32. The van der Waals surface area contributed by atoms with Crippen LogP contribution in [-0.4, -0.2) is 33.0 Å². The number of carbonyl (C=O) groups is 1. The van der Waals surface area contributed by atoms with Gasteiger partial charge >= 0.3 is 11.7 Å². The standard InChI is InChI=1S/C10H8ClN3O4/c1-18-8-3-7(14-4-12-13-10(14)17)6(11)2-5(8)9(15)16/h2-4H,1H3,(H,13,17)(H,15,16). The topological polar surface area (TPSA) is 97.2 Å². The molecule has 7 nitrogen and oxygen atoms in total. The molecule has 0 aliphatic heterocycles. The van der Waals surface area contributed by atoms with E-state index in [1.807, 2.05) is 0 Å². The van der Waals surface area contributed by atoms with E-state index in [4.69, 9.17) is 21.4 Å². The van der Waals surface area contributed by atoms with E-state index in [0.717, 1.165) is 4.57 Å². The fraction of sp³-hybridized carbons (Fsp3) is 0.100.